The number of amides is 1. The highest BCUT2D eigenvalue weighted by Gasteiger charge is 2.54. The summed E-state index contributed by atoms with van der Waals surface area (Å²) in [5.74, 6) is -2.36. The summed E-state index contributed by atoms with van der Waals surface area (Å²) in [4.78, 5) is 28.0. The van der Waals surface area contributed by atoms with Crippen molar-refractivity contribution in [3.63, 3.8) is 0 Å². The highest BCUT2D eigenvalue weighted by molar-refractivity contribution is 6.61. The van der Waals surface area contributed by atoms with Gasteiger partial charge in [-0.25, -0.2) is 9.18 Å². The topological polar surface area (TPSA) is 70.5 Å². The van der Waals surface area contributed by atoms with E-state index in [1.54, 1.807) is 17.6 Å². The van der Waals surface area contributed by atoms with Gasteiger partial charge in [0.25, 0.3) is 0 Å². The molecule has 23 heavy (non-hydrogen) atoms. The van der Waals surface area contributed by atoms with E-state index in [0.29, 0.717) is 11.3 Å². The molecular weight excluding hydrogens is 315 g/mol. The van der Waals surface area contributed by atoms with Crippen LogP contribution in [0.25, 0.3) is 0 Å². The van der Waals surface area contributed by atoms with Crippen molar-refractivity contribution in [1.29, 1.82) is 0 Å². The molecule has 1 fully saturated rings. The minimum absolute atomic E-state index is 0.0904. The highest BCUT2D eigenvalue weighted by atomic mass is 28.3. The largest absolute Gasteiger partial charge is 0.480 e. The number of carboxylic acid groups (broad SMARTS) is 1. The minimum atomic E-state index is -1.74. The first-order valence-electron chi connectivity index (χ1n) is 7.70. The van der Waals surface area contributed by atoms with Crippen LogP contribution in [0.15, 0.2) is 12.3 Å². The van der Waals surface area contributed by atoms with Crippen molar-refractivity contribution in [2.45, 2.75) is 51.7 Å². The van der Waals surface area contributed by atoms with Crippen molar-refractivity contribution in [2.75, 3.05) is 0 Å². The molecule has 126 valence electrons. The third kappa shape index (κ3) is 3.29. The number of rotatable bonds is 4. The smallest absolute Gasteiger partial charge is 0.326 e. The molecule has 1 unspecified atom stereocenters. The second-order valence-corrected chi connectivity index (χ2v) is 10.9. The maximum atomic E-state index is 13.9. The monoisotopic (exact) mass is 338 g/mol. The molecule has 1 aromatic heterocycles. The van der Waals surface area contributed by atoms with Gasteiger partial charge in [0.2, 0.25) is 5.91 Å². The number of hydrogen-bond donors (Lipinski definition) is 1. The lowest BCUT2D eigenvalue weighted by atomic mass is 9.84. The number of carboxylic acids is 1. The van der Waals surface area contributed by atoms with Gasteiger partial charge in [-0.05, 0) is 30.0 Å². The Labute approximate surface area is 137 Å². The van der Waals surface area contributed by atoms with Crippen LogP contribution in [0.1, 0.15) is 32.0 Å². The molecule has 1 saturated heterocycles. The highest BCUT2D eigenvalue weighted by Crippen LogP contribution is 2.39. The number of halogens is 1. The number of carbonyl (C=O) groups is 2. The summed E-state index contributed by atoms with van der Waals surface area (Å²) >= 11 is 0. The van der Waals surface area contributed by atoms with Gasteiger partial charge in [-0.2, -0.15) is 0 Å². The van der Waals surface area contributed by atoms with Crippen LogP contribution in [-0.4, -0.2) is 41.5 Å². The van der Waals surface area contributed by atoms with E-state index in [2.05, 4.69) is 4.98 Å². The molecule has 2 rings (SSSR count). The van der Waals surface area contributed by atoms with E-state index in [1.165, 1.54) is 0 Å². The van der Waals surface area contributed by atoms with Crippen LogP contribution in [0.2, 0.25) is 11.6 Å². The van der Waals surface area contributed by atoms with Gasteiger partial charge in [0.1, 0.15) is 20.8 Å². The Morgan fingerprint density at radius 3 is 2.61 bits per heavy atom. The Morgan fingerprint density at radius 1 is 1.48 bits per heavy atom. The Bertz CT molecular complexity index is 645. The molecule has 1 aliphatic rings. The van der Waals surface area contributed by atoms with E-state index in [1.807, 2.05) is 27.3 Å². The molecule has 0 radical (unpaired) electrons. The van der Waals surface area contributed by atoms with Crippen molar-refractivity contribution < 1.29 is 19.1 Å². The molecule has 1 aromatic rings. The lowest BCUT2D eigenvalue weighted by Gasteiger charge is -2.51. The number of aliphatic carboxylic acids is 1. The minimum Gasteiger partial charge on any atom is -0.480 e. The van der Waals surface area contributed by atoms with Crippen molar-refractivity contribution in [1.82, 2.24) is 9.55 Å². The summed E-state index contributed by atoms with van der Waals surface area (Å²) in [5, 5.41) is 9.44. The van der Waals surface area contributed by atoms with Gasteiger partial charge in [0.15, 0.2) is 0 Å². The first-order valence-corrected chi connectivity index (χ1v) is 9.95. The van der Waals surface area contributed by atoms with E-state index in [0.717, 1.165) is 6.20 Å². The Kier molecular flexibility index (Phi) is 4.61. The summed E-state index contributed by atoms with van der Waals surface area (Å²) < 4.78 is 15.4. The zero-order valence-corrected chi connectivity index (χ0v) is 15.3. The van der Waals surface area contributed by atoms with Gasteiger partial charge in [-0.1, -0.05) is 27.3 Å². The van der Waals surface area contributed by atoms with Crippen molar-refractivity contribution >= 4 is 20.8 Å². The van der Waals surface area contributed by atoms with Crippen LogP contribution < -0.4 is 0 Å². The lowest BCUT2D eigenvalue weighted by Crippen LogP contribution is -2.70. The Morgan fingerprint density at radius 2 is 2.09 bits per heavy atom. The second kappa shape index (κ2) is 6.03. The van der Waals surface area contributed by atoms with Crippen LogP contribution in [0.3, 0.4) is 0 Å². The fourth-order valence-electron chi connectivity index (χ4n) is 2.91. The molecule has 1 N–H and O–H groups in total. The predicted octanol–water partition coefficient (Wildman–Crippen LogP) is 2.14. The number of nitrogens with zero attached hydrogens (tertiary/aromatic N) is 2. The number of aryl methyl sites for hydroxylation is 1. The Hall–Kier alpha value is -1.76. The predicted molar refractivity (Wildman–Crippen MR) is 87.1 cm³/mol. The maximum Gasteiger partial charge on any atom is 0.326 e. The summed E-state index contributed by atoms with van der Waals surface area (Å²) in [7, 11) is -1.74. The second-order valence-electron chi connectivity index (χ2n) is 7.30. The molecule has 7 heteroatoms. The maximum absolute atomic E-state index is 13.9. The van der Waals surface area contributed by atoms with Gasteiger partial charge in [-0.15, -0.1) is 0 Å². The van der Waals surface area contributed by atoms with E-state index in [-0.39, 0.29) is 17.4 Å². The molecule has 0 saturated carbocycles. The normalized spacial score (nSPS) is 22.7. The van der Waals surface area contributed by atoms with Gasteiger partial charge in [0.05, 0.1) is 12.1 Å². The van der Waals surface area contributed by atoms with Crippen LogP contribution in [0, 0.1) is 18.7 Å². The zero-order chi connectivity index (χ0) is 17.5. The van der Waals surface area contributed by atoms with Crippen LogP contribution in [0.4, 0.5) is 4.39 Å². The van der Waals surface area contributed by atoms with Gasteiger partial charge < -0.3 is 9.67 Å². The summed E-state index contributed by atoms with van der Waals surface area (Å²) in [6.07, 6.45) is 1.22. The summed E-state index contributed by atoms with van der Waals surface area (Å²) in [5.41, 5.74) is 1.00. The number of carbonyl (C=O) groups excluding carboxylic acids is 1. The summed E-state index contributed by atoms with van der Waals surface area (Å²) in [6.45, 7) is 9.79. The summed E-state index contributed by atoms with van der Waals surface area (Å²) in [6, 6.07) is 0.727. The third-order valence-corrected chi connectivity index (χ3v) is 8.60. The lowest BCUT2D eigenvalue weighted by molar-refractivity contribution is -0.163. The average Bonchev–Trinajstić information content (AvgIpc) is 2.43. The van der Waals surface area contributed by atoms with Gasteiger partial charge >= 0.3 is 5.97 Å². The molecule has 1 aliphatic heterocycles. The molecule has 0 spiro atoms. The fourth-order valence-corrected chi connectivity index (χ4v) is 5.13. The van der Waals surface area contributed by atoms with Crippen LogP contribution >= 0.6 is 0 Å². The quantitative estimate of drug-likeness (QED) is 0.674. The Balaban J connectivity index is 2.25. The van der Waals surface area contributed by atoms with Crippen molar-refractivity contribution in [3.05, 3.63) is 29.3 Å². The van der Waals surface area contributed by atoms with E-state index >= 15 is 0 Å². The number of pyridine rings is 1. The fraction of sp³-hybridized carbons (Fsp3) is 0.562. The first-order chi connectivity index (χ1) is 10.5. The molecule has 2 heterocycles. The average molecular weight is 338 g/mol. The molecule has 1 amide bonds. The van der Waals surface area contributed by atoms with Crippen LogP contribution in [-0.2, 0) is 16.0 Å². The molecule has 0 aliphatic carbocycles. The van der Waals surface area contributed by atoms with Crippen LogP contribution in [0.5, 0.6) is 0 Å². The molecule has 5 nitrogen and oxygen atoms in total. The molecule has 0 aromatic carbocycles. The molecular formula is C16H23FN2O3Si. The zero-order valence-electron chi connectivity index (χ0n) is 14.1. The number of hydrogen-bond acceptors (Lipinski definition) is 3. The van der Waals surface area contributed by atoms with Crippen molar-refractivity contribution in [2.24, 2.45) is 5.92 Å². The molecule has 0 bridgehead atoms. The number of β-lactam (4-membered cyclic amide) rings is 1. The number of aromatic nitrogens is 1. The standard InChI is InChI=1S/C16H23FN2O3Si/c1-9-6-10(12(17)8-18-9)7-11-13(15(21)22)19(14(11)20)23(5)16(2,3)4/h6,8,11,13,23H,7H2,1-5H3,(H,21,22)/t11-,13+,23?/m1/s1. The molecule has 3 atom stereocenters. The van der Waals surface area contributed by atoms with Gasteiger partial charge in [-0.3, -0.25) is 9.78 Å². The first kappa shape index (κ1) is 17.6. The van der Waals surface area contributed by atoms with E-state index in [4.69, 9.17) is 0 Å². The van der Waals surface area contributed by atoms with Crippen molar-refractivity contribution in [3.8, 4) is 0 Å². The van der Waals surface area contributed by atoms with Gasteiger partial charge in [0, 0.05) is 5.69 Å². The van der Waals surface area contributed by atoms with E-state index < -0.39 is 32.7 Å². The third-order valence-electron chi connectivity index (χ3n) is 4.69. The van der Waals surface area contributed by atoms with E-state index in [9.17, 15) is 19.1 Å². The SMILES string of the molecule is Cc1cc(C[C@H]2C(=O)N([SiH](C)C(C)(C)C)[C@@H]2C(=O)O)c(F)cn1.